The van der Waals surface area contributed by atoms with Gasteiger partial charge in [-0.2, -0.15) is 0 Å². The third kappa shape index (κ3) is 5.94. The van der Waals surface area contributed by atoms with Gasteiger partial charge in [0.1, 0.15) is 12.4 Å². The highest BCUT2D eigenvalue weighted by atomic mass is 35.5. The van der Waals surface area contributed by atoms with Crippen molar-refractivity contribution < 1.29 is 9.53 Å². The number of halogens is 1. The summed E-state index contributed by atoms with van der Waals surface area (Å²) in [6.07, 6.45) is 2.96. The second-order valence-electron chi connectivity index (χ2n) is 5.26. The largest absolute Gasteiger partial charge is 0.492 e. The molecule has 0 aromatic heterocycles. The quantitative estimate of drug-likeness (QED) is 0.750. The summed E-state index contributed by atoms with van der Waals surface area (Å²) in [5, 5.41) is 2.84. The third-order valence-electron chi connectivity index (χ3n) is 3.58. The van der Waals surface area contributed by atoms with Crippen LogP contribution in [0, 0.1) is 0 Å². The number of rotatable bonds is 8. The fraction of sp³-hybridized carbons (Fsp3) is 0.562. The lowest BCUT2D eigenvalue weighted by Gasteiger charge is -2.15. The molecule has 5 heteroatoms. The van der Waals surface area contributed by atoms with Crippen LogP contribution in [-0.4, -0.2) is 42.9 Å². The Morgan fingerprint density at radius 3 is 2.90 bits per heavy atom. The van der Waals surface area contributed by atoms with E-state index in [1.807, 2.05) is 24.3 Å². The molecule has 0 atom stereocenters. The summed E-state index contributed by atoms with van der Waals surface area (Å²) >= 11 is 5.53. The lowest BCUT2D eigenvalue weighted by molar-refractivity contribution is -0.120. The third-order valence-corrected chi connectivity index (χ3v) is 3.77. The Morgan fingerprint density at radius 1 is 1.33 bits per heavy atom. The summed E-state index contributed by atoms with van der Waals surface area (Å²) in [4.78, 5) is 13.8. The molecule has 1 aromatic rings. The van der Waals surface area contributed by atoms with Gasteiger partial charge in [-0.25, -0.2) is 0 Å². The first kappa shape index (κ1) is 16.1. The van der Waals surface area contributed by atoms with Gasteiger partial charge >= 0.3 is 0 Å². The van der Waals surface area contributed by atoms with Gasteiger partial charge in [-0.3, -0.25) is 9.69 Å². The number of hydrogen-bond donors (Lipinski definition) is 1. The number of nitrogens with zero attached hydrogens (tertiary/aromatic N) is 1. The van der Waals surface area contributed by atoms with Crippen LogP contribution >= 0.6 is 11.6 Å². The highest BCUT2D eigenvalue weighted by molar-refractivity contribution is 6.18. The maximum Gasteiger partial charge on any atom is 0.221 e. The maximum absolute atomic E-state index is 11.4. The van der Waals surface area contributed by atoms with Crippen LogP contribution in [0.15, 0.2) is 24.3 Å². The molecule has 116 valence electrons. The van der Waals surface area contributed by atoms with E-state index >= 15 is 0 Å². The van der Waals surface area contributed by atoms with Crippen molar-refractivity contribution in [3.63, 3.8) is 0 Å². The monoisotopic (exact) mass is 310 g/mol. The fourth-order valence-corrected chi connectivity index (χ4v) is 2.59. The molecule has 2 rings (SSSR count). The molecule has 0 bridgehead atoms. The second-order valence-corrected chi connectivity index (χ2v) is 5.64. The van der Waals surface area contributed by atoms with Crippen molar-refractivity contribution in [1.82, 2.24) is 10.2 Å². The van der Waals surface area contributed by atoms with Gasteiger partial charge in [0.2, 0.25) is 5.91 Å². The molecule has 1 aliphatic rings. The Morgan fingerprint density at radius 2 is 2.14 bits per heavy atom. The smallest absolute Gasteiger partial charge is 0.221 e. The minimum absolute atomic E-state index is 0.0228. The number of likely N-dealkylation sites (tertiary alicyclic amines) is 1. The zero-order valence-electron chi connectivity index (χ0n) is 12.3. The van der Waals surface area contributed by atoms with E-state index in [-0.39, 0.29) is 5.91 Å². The minimum atomic E-state index is -0.0228. The standard InChI is InChI=1S/C16H23ClN2O2/c17-7-6-16(20)18-13-14-4-3-5-15(12-14)21-11-10-19-8-1-2-9-19/h3-5,12H,1-2,6-11,13H2,(H,18,20). The fourth-order valence-electron chi connectivity index (χ4n) is 2.42. The molecule has 1 amide bonds. The van der Waals surface area contributed by atoms with Crippen molar-refractivity contribution in [2.75, 3.05) is 32.1 Å². The molecule has 1 N–H and O–H groups in total. The number of amides is 1. The summed E-state index contributed by atoms with van der Waals surface area (Å²) in [5.41, 5.74) is 1.04. The molecule has 4 nitrogen and oxygen atoms in total. The van der Waals surface area contributed by atoms with Crippen molar-refractivity contribution >= 4 is 17.5 Å². The summed E-state index contributed by atoms with van der Waals surface area (Å²) < 4.78 is 5.79. The molecule has 1 fully saturated rings. The number of carbonyl (C=O) groups is 1. The first-order valence-corrected chi connectivity index (χ1v) is 8.08. The Kier molecular flexibility index (Phi) is 6.83. The molecule has 0 unspecified atom stereocenters. The molecular formula is C16H23ClN2O2. The highest BCUT2D eigenvalue weighted by Gasteiger charge is 2.10. The number of nitrogens with one attached hydrogen (secondary N) is 1. The van der Waals surface area contributed by atoms with Gasteiger partial charge in [0.25, 0.3) is 0 Å². The topological polar surface area (TPSA) is 41.6 Å². The van der Waals surface area contributed by atoms with Gasteiger partial charge in [0.05, 0.1) is 0 Å². The van der Waals surface area contributed by atoms with E-state index < -0.39 is 0 Å². The SMILES string of the molecule is O=C(CCCl)NCc1cccc(OCCN2CCCC2)c1. The van der Waals surface area contributed by atoms with Crippen LogP contribution in [0.25, 0.3) is 0 Å². The van der Waals surface area contributed by atoms with E-state index in [0.29, 0.717) is 25.5 Å². The predicted octanol–water partition coefficient (Wildman–Crippen LogP) is 2.41. The number of ether oxygens (including phenoxy) is 1. The summed E-state index contributed by atoms with van der Waals surface area (Å²) in [6.45, 7) is 4.59. The maximum atomic E-state index is 11.4. The molecule has 1 saturated heterocycles. The average molecular weight is 311 g/mol. The Balaban J connectivity index is 1.73. The molecule has 0 radical (unpaired) electrons. The van der Waals surface area contributed by atoms with E-state index in [0.717, 1.165) is 17.9 Å². The van der Waals surface area contributed by atoms with Crippen LogP contribution in [0.1, 0.15) is 24.8 Å². The average Bonchev–Trinajstić information content (AvgIpc) is 2.99. The van der Waals surface area contributed by atoms with E-state index in [2.05, 4.69) is 10.2 Å². The predicted molar refractivity (Wildman–Crippen MR) is 84.8 cm³/mol. The molecule has 1 aromatic carbocycles. The Bertz CT molecular complexity index is 448. The Labute approximate surface area is 131 Å². The summed E-state index contributed by atoms with van der Waals surface area (Å²) in [5.74, 6) is 1.19. The molecule has 0 aliphatic carbocycles. The van der Waals surface area contributed by atoms with Gasteiger partial charge in [-0.1, -0.05) is 12.1 Å². The summed E-state index contributed by atoms with van der Waals surface area (Å²) in [7, 11) is 0. The van der Waals surface area contributed by atoms with Crippen molar-refractivity contribution in [3.8, 4) is 5.75 Å². The van der Waals surface area contributed by atoms with Crippen LogP contribution in [0.4, 0.5) is 0 Å². The van der Waals surface area contributed by atoms with Crippen LogP contribution in [0.2, 0.25) is 0 Å². The lowest BCUT2D eigenvalue weighted by Crippen LogP contribution is -2.25. The number of benzene rings is 1. The van der Waals surface area contributed by atoms with Gasteiger partial charge in [0, 0.05) is 25.4 Å². The zero-order chi connectivity index (χ0) is 14.9. The van der Waals surface area contributed by atoms with Crippen molar-refractivity contribution in [3.05, 3.63) is 29.8 Å². The first-order valence-electron chi connectivity index (χ1n) is 7.54. The second kappa shape index (κ2) is 8.90. The van der Waals surface area contributed by atoms with Crippen LogP contribution < -0.4 is 10.1 Å². The molecule has 0 saturated carbocycles. The van der Waals surface area contributed by atoms with Crippen LogP contribution in [-0.2, 0) is 11.3 Å². The van der Waals surface area contributed by atoms with Crippen molar-refractivity contribution in [1.29, 1.82) is 0 Å². The van der Waals surface area contributed by atoms with Crippen molar-refractivity contribution in [2.24, 2.45) is 0 Å². The van der Waals surface area contributed by atoms with E-state index in [4.69, 9.17) is 16.3 Å². The number of carbonyl (C=O) groups excluding carboxylic acids is 1. The molecule has 0 spiro atoms. The van der Waals surface area contributed by atoms with E-state index in [9.17, 15) is 4.79 Å². The Hall–Kier alpha value is -1.26. The van der Waals surface area contributed by atoms with Gasteiger partial charge in [0.15, 0.2) is 0 Å². The van der Waals surface area contributed by atoms with Gasteiger partial charge < -0.3 is 10.1 Å². The molecular weight excluding hydrogens is 288 g/mol. The van der Waals surface area contributed by atoms with Gasteiger partial charge in [-0.15, -0.1) is 11.6 Å². The number of hydrogen-bond acceptors (Lipinski definition) is 3. The van der Waals surface area contributed by atoms with Crippen LogP contribution in [0.3, 0.4) is 0 Å². The minimum Gasteiger partial charge on any atom is -0.492 e. The lowest BCUT2D eigenvalue weighted by atomic mass is 10.2. The van der Waals surface area contributed by atoms with E-state index in [1.54, 1.807) is 0 Å². The summed E-state index contributed by atoms with van der Waals surface area (Å²) in [6, 6.07) is 7.86. The number of alkyl halides is 1. The zero-order valence-corrected chi connectivity index (χ0v) is 13.1. The van der Waals surface area contributed by atoms with Gasteiger partial charge in [-0.05, 0) is 43.6 Å². The van der Waals surface area contributed by atoms with Crippen molar-refractivity contribution in [2.45, 2.75) is 25.8 Å². The highest BCUT2D eigenvalue weighted by Crippen LogP contribution is 2.14. The molecule has 1 aliphatic heterocycles. The molecule has 1 heterocycles. The first-order chi connectivity index (χ1) is 10.3. The molecule has 21 heavy (non-hydrogen) atoms. The van der Waals surface area contributed by atoms with Crippen LogP contribution in [0.5, 0.6) is 5.75 Å². The van der Waals surface area contributed by atoms with E-state index in [1.165, 1.54) is 25.9 Å². The normalized spacial score (nSPS) is 15.1.